The van der Waals surface area contributed by atoms with Gasteiger partial charge in [-0.3, -0.25) is 0 Å². The van der Waals surface area contributed by atoms with Gasteiger partial charge in [0.2, 0.25) is 10.0 Å². The van der Waals surface area contributed by atoms with Crippen LogP contribution in [-0.4, -0.2) is 80.1 Å². The first-order valence-electron chi connectivity index (χ1n) is 8.95. The molecule has 0 aliphatic carbocycles. The second-order valence-corrected chi connectivity index (χ2v) is 9.09. The minimum Gasteiger partial charge on any atom is -0.393 e. The van der Waals surface area contributed by atoms with Crippen molar-refractivity contribution in [1.82, 2.24) is 14.2 Å². The number of hydrogen-bond donors (Lipinski definition) is 1. The minimum atomic E-state index is -3.47. The van der Waals surface area contributed by atoms with Crippen LogP contribution >= 0.6 is 0 Å². The second kappa shape index (κ2) is 7.57. The van der Waals surface area contributed by atoms with Gasteiger partial charge in [-0.05, 0) is 38.9 Å². The van der Waals surface area contributed by atoms with Crippen LogP contribution in [0.4, 0.5) is 5.82 Å². The predicted molar refractivity (Wildman–Crippen MR) is 97.1 cm³/mol. The van der Waals surface area contributed by atoms with Crippen molar-refractivity contribution >= 4 is 15.8 Å². The number of piperidine rings is 1. The molecule has 2 saturated heterocycles. The maximum Gasteiger partial charge on any atom is 0.244 e. The molecule has 0 aromatic carbocycles. The van der Waals surface area contributed by atoms with Crippen LogP contribution in [0.25, 0.3) is 0 Å². The quantitative estimate of drug-likeness (QED) is 0.839. The first-order valence-corrected chi connectivity index (χ1v) is 10.4. The van der Waals surface area contributed by atoms with Crippen LogP contribution in [0.2, 0.25) is 0 Å². The van der Waals surface area contributed by atoms with Gasteiger partial charge in [-0.1, -0.05) is 0 Å². The Morgan fingerprint density at radius 2 is 1.92 bits per heavy atom. The molecule has 1 N–H and O–H groups in total. The third kappa shape index (κ3) is 4.13. The van der Waals surface area contributed by atoms with Gasteiger partial charge in [0.05, 0.1) is 6.10 Å². The molecule has 0 amide bonds. The highest BCUT2D eigenvalue weighted by atomic mass is 32.2. The first-order chi connectivity index (χ1) is 11.9. The molecule has 3 rings (SSSR count). The van der Waals surface area contributed by atoms with Crippen LogP contribution in [0.15, 0.2) is 23.2 Å². The standard InChI is InChI=1S/C17H28N4O3S/c1-14(22)15-4-3-7-20(13-15)17-6-5-16(12-18-17)25(23,24)21-10-8-19(2)9-11-21/h5-6,12,14-15,22H,3-4,7-11,13H2,1-2H3. The van der Waals surface area contributed by atoms with E-state index in [1.54, 1.807) is 12.1 Å². The van der Waals surface area contributed by atoms with Crippen molar-refractivity contribution < 1.29 is 13.5 Å². The van der Waals surface area contributed by atoms with Crippen LogP contribution in [0, 0.1) is 5.92 Å². The molecule has 2 atom stereocenters. The molecule has 1 aromatic heterocycles. The molecule has 140 valence electrons. The molecule has 2 aliphatic rings. The van der Waals surface area contributed by atoms with Crippen LogP contribution in [0.1, 0.15) is 19.8 Å². The SMILES string of the molecule is CC(O)C1CCCN(c2ccc(S(=O)(=O)N3CCN(C)CC3)cn2)C1. The molecule has 8 heteroatoms. The highest BCUT2D eigenvalue weighted by Crippen LogP contribution is 2.25. The molecule has 7 nitrogen and oxygen atoms in total. The lowest BCUT2D eigenvalue weighted by Gasteiger charge is -2.35. The van der Waals surface area contributed by atoms with Gasteiger partial charge in [-0.25, -0.2) is 13.4 Å². The highest BCUT2D eigenvalue weighted by molar-refractivity contribution is 7.89. The summed E-state index contributed by atoms with van der Waals surface area (Å²) in [6, 6.07) is 3.44. The monoisotopic (exact) mass is 368 g/mol. The van der Waals surface area contributed by atoms with E-state index in [2.05, 4.69) is 14.8 Å². The maximum absolute atomic E-state index is 12.7. The van der Waals surface area contributed by atoms with Crippen molar-refractivity contribution in [3.05, 3.63) is 18.3 Å². The molecule has 2 fully saturated rings. The van der Waals surface area contributed by atoms with E-state index in [0.717, 1.165) is 44.8 Å². The van der Waals surface area contributed by atoms with E-state index < -0.39 is 10.0 Å². The van der Waals surface area contributed by atoms with Gasteiger partial charge in [-0.15, -0.1) is 0 Å². The zero-order valence-corrected chi connectivity index (χ0v) is 15.8. The summed E-state index contributed by atoms with van der Waals surface area (Å²) in [5, 5.41) is 9.82. The number of likely N-dealkylation sites (N-methyl/N-ethyl adjacent to an activating group) is 1. The number of aromatic nitrogens is 1. The lowest BCUT2D eigenvalue weighted by Crippen LogP contribution is -2.47. The van der Waals surface area contributed by atoms with Crippen molar-refractivity contribution in [2.24, 2.45) is 5.92 Å². The van der Waals surface area contributed by atoms with Gasteiger partial charge in [0.25, 0.3) is 0 Å². The number of aliphatic hydroxyl groups is 1. The topological polar surface area (TPSA) is 77.0 Å². The molecule has 2 unspecified atom stereocenters. The molecule has 2 aliphatic heterocycles. The fourth-order valence-corrected chi connectivity index (χ4v) is 4.87. The van der Waals surface area contributed by atoms with E-state index in [9.17, 15) is 13.5 Å². The molecule has 0 radical (unpaired) electrons. The summed E-state index contributed by atoms with van der Waals surface area (Å²) in [6.45, 7) is 6.01. The normalized spacial score (nSPS) is 25.1. The number of sulfonamides is 1. The lowest BCUT2D eigenvalue weighted by atomic mass is 9.93. The average molecular weight is 369 g/mol. The van der Waals surface area contributed by atoms with E-state index in [-0.39, 0.29) is 16.9 Å². The third-order valence-corrected chi connectivity index (χ3v) is 7.17. The Bertz CT molecular complexity index is 670. The van der Waals surface area contributed by atoms with Crippen LogP contribution < -0.4 is 4.90 Å². The number of nitrogens with zero attached hydrogens (tertiary/aromatic N) is 4. The molecule has 0 spiro atoms. The molecule has 0 bridgehead atoms. The van der Waals surface area contributed by atoms with Gasteiger partial charge in [0, 0.05) is 51.4 Å². The molecule has 25 heavy (non-hydrogen) atoms. The van der Waals surface area contributed by atoms with Gasteiger partial charge in [0.1, 0.15) is 10.7 Å². The van der Waals surface area contributed by atoms with E-state index in [0.29, 0.717) is 13.1 Å². The number of rotatable bonds is 4. The third-order valence-electron chi connectivity index (χ3n) is 5.28. The van der Waals surface area contributed by atoms with Crippen molar-refractivity contribution in [3.8, 4) is 0 Å². The van der Waals surface area contributed by atoms with E-state index in [1.165, 1.54) is 10.5 Å². The zero-order chi connectivity index (χ0) is 18.0. The second-order valence-electron chi connectivity index (χ2n) is 7.15. The number of aliphatic hydroxyl groups excluding tert-OH is 1. The van der Waals surface area contributed by atoms with Gasteiger partial charge < -0.3 is 14.9 Å². The number of anilines is 1. The Morgan fingerprint density at radius 1 is 1.20 bits per heavy atom. The minimum absolute atomic E-state index is 0.240. The number of piperazine rings is 1. The summed E-state index contributed by atoms with van der Waals surface area (Å²) in [6.07, 6.45) is 3.16. The Kier molecular flexibility index (Phi) is 5.62. The van der Waals surface area contributed by atoms with Crippen molar-refractivity contribution in [3.63, 3.8) is 0 Å². The van der Waals surface area contributed by atoms with Crippen LogP contribution in [0.5, 0.6) is 0 Å². The van der Waals surface area contributed by atoms with Crippen LogP contribution in [0.3, 0.4) is 0 Å². The Morgan fingerprint density at radius 3 is 2.52 bits per heavy atom. The Labute approximate surface area is 150 Å². The highest BCUT2D eigenvalue weighted by Gasteiger charge is 2.28. The predicted octanol–water partition coefficient (Wildman–Crippen LogP) is 0.615. The maximum atomic E-state index is 12.7. The summed E-state index contributed by atoms with van der Waals surface area (Å²) < 4.78 is 27.0. The number of pyridine rings is 1. The summed E-state index contributed by atoms with van der Waals surface area (Å²) in [4.78, 5) is 8.91. The Hall–Kier alpha value is -1.22. The van der Waals surface area contributed by atoms with E-state index >= 15 is 0 Å². The lowest BCUT2D eigenvalue weighted by molar-refractivity contribution is 0.115. The average Bonchev–Trinajstić information content (AvgIpc) is 2.62. The molecule has 1 aromatic rings. The molecular formula is C17H28N4O3S. The smallest absolute Gasteiger partial charge is 0.244 e. The molecule has 3 heterocycles. The Balaban J connectivity index is 1.71. The van der Waals surface area contributed by atoms with E-state index in [1.807, 2.05) is 14.0 Å². The van der Waals surface area contributed by atoms with Crippen LogP contribution in [-0.2, 0) is 10.0 Å². The van der Waals surface area contributed by atoms with Gasteiger partial charge in [0.15, 0.2) is 0 Å². The summed E-state index contributed by atoms with van der Waals surface area (Å²) >= 11 is 0. The zero-order valence-electron chi connectivity index (χ0n) is 15.0. The summed E-state index contributed by atoms with van der Waals surface area (Å²) in [7, 11) is -1.47. The number of hydrogen-bond acceptors (Lipinski definition) is 6. The van der Waals surface area contributed by atoms with Gasteiger partial charge >= 0.3 is 0 Å². The first kappa shape index (κ1) is 18.6. The fourth-order valence-electron chi connectivity index (χ4n) is 3.50. The van der Waals surface area contributed by atoms with Crippen molar-refractivity contribution in [2.45, 2.75) is 30.8 Å². The fraction of sp³-hybridized carbons (Fsp3) is 0.706. The van der Waals surface area contributed by atoms with Crippen molar-refractivity contribution in [2.75, 3.05) is 51.2 Å². The summed E-state index contributed by atoms with van der Waals surface area (Å²) in [5.74, 6) is 1.02. The van der Waals surface area contributed by atoms with Crippen molar-refractivity contribution in [1.29, 1.82) is 0 Å². The summed E-state index contributed by atoms with van der Waals surface area (Å²) in [5.41, 5.74) is 0. The molecular weight excluding hydrogens is 340 g/mol. The largest absolute Gasteiger partial charge is 0.393 e. The molecule has 0 saturated carbocycles. The van der Waals surface area contributed by atoms with E-state index in [4.69, 9.17) is 0 Å². The van der Waals surface area contributed by atoms with Gasteiger partial charge in [-0.2, -0.15) is 4.31 Å².